The standard InChI is InChI=1S/C19H12N4O/c1-4-16(14-2-6-19-18(10-14)21-12-24-19)22-17-5-3-15(9-13(1)17)23-8-7-20-11-23/h1-12H. The van der Waals surface area contributed by atoms with E-state index in [2.05, 4.69) is 22.1 Å². The van der Waals surface area contributed by atoms with E-state index in [1.165, 1.54) is 6.39 Å². The highest BCUT2D eigenvalue weighted by molar-refractivity contribution is 5.85. The molecule has 0 saturated carbocycles. The minimum Gasteiger partial charge on any atom is -0.443 e. The van der Waals surface area contributed by atoms with Crippen LogP contribution in [0.3, 0.4) is 0 Å². The third-order valence-corrected chi connectivity index (χ3v) is 4.10. The van der Waals surface area contributed by atoms with Crippen molar-refractivity contribution < 1.29 is 4.42 Å². The molecule has 0 amide bonds. The van der Waals surface area contributed by atoms with Gasteiger partial charge in [0.1, 0.15) is 5.52 Å². The monoisotopic (exact) mass is 312 g/mol. The third-order valence-electron chi connectivity index (χ3n) is 4.10. The maximum Gasteiger partial charge on any atom is 0.181 e. The maximum absolute atomic E-state index is 5.29. The molecule has 3 aromatic heterocycles. The van der Waals surface area contributed by atoms with Gasteiger partial charge in [0.25, 0.3) is 0 Å². The highest BCUT2D eigenvalue weighted by Gasteiger charge is 2.06. The fraction of sp³-hybridized carbons (Fsp3) is 0. The van der Waals surface area contributed by atoms with Crippen LogP contribution in [0.1, 0.15) is 0 Å². The van der Waals surface area contributed by atoms with Gasteiger partial charge in [-0.3, -0.25) is 0 Å². The molecule has 5 aromatic rings. The van der Waals surface area contributed by atoms with Crippen LogP contribution in [0.5, 0.6) is 0 Å². The highest BCUT2D eigenvalue weighted by Crippen LogP contribution is 2.25. The van der Waals surface area contributed by atoms with E-state index in [1.807, 2.05) is 47.2 Å². The summed E-state index contributed by atoms with van der Waals surface area (Å²) in [7, 11) is 0. The molecule has 0 aliphatic heterocycles. The van der Waals surface area contributed by atoms with Crippen molar-refractivity contribution in [1.82, 2.24) is 19.5 Å². The first-order valence-electron chi connectivity index (χ1n) is 7.60. The molecule has 5 rings (SSSR count). The van der Waals surface area contributed by atoms with Gasteiger partial charge in [-0.15, -0.1) is 0 Å². The zero-order valence-corrected chi connectivity index (χ0v) is 12.6. The zero-order chi connectivity index (χ0) is 15.9. The molecule has 0 spiro atoms. The fourth-order valence-corrected chi connectivity index (χ4v) is 2.86. The number of aromatic nitrogens is 4. The predicted molar refractivity (Wildman–Crippen MR) is 91.9 cm³/mol. The summed E-state index contributed by atoms with van der Waals surface area (Å²) < 4.78 is 7.27. The highest BCUT2D eigenvalue weighted by atomic mass is 16.3. The number of imidazole rings is 1. The Hall–Kier alpha value is -3.47. The van der Waals surface area contributed by atoms with Gasteiger partial charge in [0.05, 0.1) is 17.5 Å². The van der Waals surface area contributed by atoms with E-state index in [1.54, 1.807) is 12.5 Å². The number of hydrogen-bond acceptors (Lipinski definition) is 4. The van der Waals surface area contributed by atoms with E-state index >= 15 is 0 Å². The molecule has 0 fully saturated rings. The van der Waals surface area contributed by atoms with Gasteiger partial charge < -0.3 is 8.98 Å². The van der Waals surface area contributed by atoms with Crippen molar-refractivity contribution in [3.63, 3.8) is 0 Å². The van der Waals surface area contributed by atoms with Crippen molar-refractivity contribution in [2.75, 3.05) is 0 Å². The van der Waals surface area contributed by atoms with Crippen LogP contribution in [0.4, 0.5) is 0 Å². The molecule has 24 heavy (non-hydrogen) atoms. The van der Waals surface area contributed by atoms with Gasteiger partial charge in [-0.25, -0.2) is 15.0 Å². The second kappa shape index (κ2) is 5.03. The molecule has 2 aromatic carbocycles. The Labute approximate surface area is 137 Å². The lowest BCUT2D eigenvalue weighted by atomic mass is 10.1. The Kier molecular flexibility index (Phi) is 2.72. The molecule has 0 radical (unpaired) electrons. The first kappa shape index (κ1) is 13.0. The number of fused-ring (bicyclic) bond motifs is 2. The summed E-state index contributed by atoms with van der Waals surface area (Å²) in [6.07, 6.45) is 6.94. The lowest BCUT2D eigenvalue weighted by molar-refractivity contribution is 0.602. The molecular formula is C19H12N4O. The molecule has 5 nitrogen and oxygen atoms in total. The summed E-state index contributed by atoms with van der Waals surface area (Å²) in [5.41, 5.74) is 5.59. The van der Waals surface area contributed by atoms with Crippen LogP contribution in [0, 0.1) is 0 Å². The number of oxazole rings is 1. The average Bonchev–Trinajstić information content (AvgIpc) is 3.31. The lowest BCUT2D eigenvalue weighted by Gasteiger charge is -2.06. The topological polar surface area (TPSA) is 56.7 Å². The molecule has 0 atom stereocenters. The van der Waals surface area contributed by atoms with Crippen molar-refractivity contribution in [3.05, 3.63) is 73.6 Å². The SMILES string of the molecule is c1cn(-c2ccc3nc(-c4ccc5ocnc5c4)ccc3c2)cn1. The second-order valence-corrected chi connectivity index (χ2v) is 5.58. The van der Waals surface area contributed by atoms with Crippen molar-refractivity contribution >= 4 is 22.0 Å². The molecule has 0 saturated heterocycles. The van der Waals surface area contributed by atoms with Gasteiger partial charge in [-0.2, -0.15) is 0 Å². The third kappa shape index (κ3) is 2.06. The van der Waals surface area contributed by atoms with Gasteiger partial charge in [0, 0.05) is 29.0 Å². The van der Waals surface area contributed by atoms with Gasteiger partial charge in [0.2, 0.25) is 0 Å². The first-order chi connectivity index (χ1) is 11.9. The van der Waals surface area contributed by atoms with Crippen LogP contribution in [0.15, 0.2) is 78.1 Å². The van der Waals surface area contributed by atoms with Crippen molar-refractivity contribution in [2.24, 2.45) is 0 Å². The molecule has 114 valence electrons. The lowest BCUT2D eigenvalue weighted by Crippen LogP contribution is -1.91. The molecule has 0 bridgehead atoms. The van der Waals surface area contributed by atoms with E-state index in [4.69, 9.17) is 9.40 Å². The first-order valence-corrected chi connectivity index (χ1v) is 7.60. The van der Waals surface area contributed by atoms with E-state index in [-0.39, 0.29) is 0 Å². The Balaban J connectivity index is 1.61. The van der Waals surface area contributed by atoms with E-state index < -0.39 is 0 Å². The normalized spacial score (nSPS) is 11.3. The molecular weight excluding hydrogens is 300 g/mol. The van der Waals surface area contributed by atoms with Crippen molar-refractivity contribution in [3.8, 4) is 16.9 Å². The minimum absolute atomic E-state index is 0.782. The van der Waals surface area contributed by atoms with Crippen molar-refractivity contribution in [1.29, 1.82) is 0 Å². The molecule has 0 unspecified atom stereocenters. The molecule has 0 aliphatic rings. The van der Waals surface area contributed by atoms with Gasteiger partial charge in [-0.1, -0.05) is 6.07 Å². The largest absolute Gasteiger partial charge is 0.443 e. The summed E-state index contributed by atoms with van der Waals surface area (Å²) in [5.74, 6) is 0. The van der Waals surface area contributed by atoms with Crippen LogP contribution in [0.2, 0.25) is 0 Å². The number of nitrogens with zero attached hydrogens (tertiary/aromatic N) is 4. The number of benzene rings is 2. The number of hydrogen-bond donors (Lipinski definition) is 0. The summed E-state index contributed by atoms with van der Waals surface area (Å²) in [5, 5.41) is 1.09. The van der Waals surface area contributed by atoms with Gasteiger partial charge >= 0.3 is 0 Å². The van der Waals surface area contributed by atoms with Crippen LogP contribution in [-0.4, -0.2) is 19.5 Å². The van der Waals surface area contributed by atoms with Crippen LogP contribution in [-0.2, 0) is 0 Å². The summed E-state index contributed by atoms with van der Waals surface area (Å²) in [4.78, 5) is 13.1. The maximum atomic E-state index is 5.29. The number of rotatable bonds is 2. The summed E-state index contributed by atoms with van der Waals surface area (Å²) in [6.45, 7) is 0. The Morgan fingerprint density at radius 1 is 0.917 bits per heavy atom. The Bertz CT molecular complexity index is 1160. The predicted octanol–water partition coefficient (Wildman–Crippen LogP) is 4.23. The summed E-state index contributed by atoms with van der Waals surface area (Å²) in [6, 6.07) is 16.2. The molecule has 3 heterocycles. The summed E-state index contributed by atoms with van der Waals surface area (Å²) >= 11 is 0. The minimum atomic E-state index is 0.782. The van der Waals surface area contributed by atoms with E-state index in [9.17, 15) is 0 Å². The van der Waals surface area contributed by atoms with Crippen LogP contribution >= 0.6 is 0 Å². The Morgan fingerprint density at radius 3 is 2.83 bits per heavy atom. The number of pyridine rings is 1. The molecule has 5 heteroatoms. The van der Waals surface area contributed by atoms with E-state index in [0.717, 1.165) is 38.9 Å². The van der Waals surface area contributed by atoms with Gasteiger partial charge in [-0.05, 0) is 42.5 Å². The fourth-order valence-electron chi connectivity index (χ4n) is 2.86. The second-order valence-electron chi connectivity index (χ2n) is 5.58. The van der Waals surface area contributed by atoms with Crippen LogP contribution < -0.4 is 0 Å². The zero-order valence-electron chi connectivity index (χ0n) is 12.6. The molecule has 0 N–H and O–H groups in total. The smallest absolute Gasteiger partial charge is 0.181 e. The van der Waals surface area contributed by atoms with Crippen LogP contribution in [0.25, 0.3) is 38.9 Å². The average molecular weight is 312 g/mol. The van der Waals surface area contributed by atoms with Crippen molar-refractivity contribution in [2.45, 2.75) is 0 Å². The molecule has 0 aliphatic carbocycles. The Morgan fingerprint density at radius 2 is 1.92 bits per heavy atom. The van der Waals surface area contributed by atoms with Gasteiger partial charge in [0.15, 0.2) is 12.0 Å². The quantitative estimate of drug-likeness (QED) is 0.489. The van der Waals surface area contributed by atoms with E-state index in [0.29, 0.717) is 0 Å².